The topological polar surface area (TPSA) is 66.4 Å². The molecule has 0 heterocycles. The molecule has 1 amide bonds. The first-order valence-corrected chi connectivity index (χ1v) is 6.75. The van der Waals surface area contributed by atoms with Crippen LogP contribution in [0, 0.1) is 0 Å². The van der Waals surface area contributed by atoms with Gasteiger partial charge in [0.2, 0.25) is 5.91 Å². The van der Waals surface area contributed by atoms with E-state index in [0.29, 0.717) is 6.42 Å². The van der Waals surface area contributed by atoms with E-state index in [1.54, 1.807) is 0 Å². The largest absolute Gasteiger partial charge is 0.481 e. The van der Waals surface area contributed by atoms with Crippen LogP contribution >= 0.6 is 0 Å². The van der Waals surface area contributed by atoms with Crippen molar-refractivity contribution in [3.05, 3.63) is 30.3 Å². The van der Waals surface area contributed by atoms with E-state index >= 15 is 0 Å². The molecule has 1 rings (SSSR count). The van der Waals surface area contributed by atoms with Gasteiger partial charge in [0, 0.05) is 18.5 Å². The number of amides is 1. The zero-order chi connectivity index (χ0) is 13.9. The van der Waals surface area contributed by atoms with Crippen molar-refractivity contribution in [2.75, 3.05) is 5.32 Å². The minimum absolute atomic E-state index is 0.0386. The van der Waals surface area contributed by atoms with Gasteiger partial charge in [0.25, 0.3) is 0 Å². The molecule has 0 radical (unpaired) electrons. The maximum Gasteiger partial charge on any atom is 0.303 e. The first-order chi connectivity index (χ1) is 9.18. The number of unbranched alkanes of at least 4 members (excludes halogenated alkanes) is 4. The lowest BCUT2D eigenvalue weighted by atomic mass is 10.1. The van der Waals surface area contributed by atoms with Gasteiger partial charge in [-0.25, -0.2) is 0 Å². The van der Waals surface area contributed by atoms with Gasteiger partial charge in [0.15, 0.2) is 0 Å². The van der Waals surface area contributed by atoms with Gasteiger partial charge in [0.05, 0.1) is 0 Å². The summed E-state index contributed by atoms with van der Waals surface area (Å²) in [6.45, 7) is 0. The SMILES string of the molecule is O=C(O)CCCCCCCC(=O)Nc1ccccc1. The van der Waals surface area contributed by atoms with E-state index in [2.05, 4.69) is 5.32 Å². The first kappa shape index (κ1) is 15.2. The van der Waals surface area contributed by atoms with Gasteiger partial charge in [-0.2, -0.15) is 0 Å². The standard InChI is InChI=1S/C15H21NO3/c17-14(16-13-9-5-4-6-10-13)11-7-2-1-3-8-12-15(18)19/h4-6,9-10H,1-3,7-8,11-12H2,(H,16,17)(H,18,19). The summed E-state index contributed by atoms with van der Waals surface area (Å²) in [5.74, 6) is -0.695. The van der Waals surface area contributed by atoms with Gasteiger partial charge in [-0.05, 0) is 25.0 Å². The highest BCUT2D eigenvalue weighted by molar-refractivity contribution is 5.90. The second-order valence-corrected chi connectivity index (χ2v) is 4.58. The summed E-state index contributed by atoms with van der Waals surface area (Å²) >= 11 is 0. The number of para-hydroxylation sites is 1. The van der Waals surface area contributed by atoms with Crippen LogP contribution in [0.4, 0.5) is 5.69 Å². The summed E-state index contributed by atoms with van der Waals surface area (Å²) in [4.78, 5) is 21.9. The van der Waals surface area contributed by atoms with E-state index in [0.717, 1.165) is 37.8 Å². The van der Waals surface area contributed by atoms with E-state index in [1.165, 1.54) is 0 Å². The molecule has 0 saturated carbocycles. The monoisotopic (exact) mass is 263 g/mol. The number of carboxylic acid groups (broad SMARTS) is 1. The van der Waals surface area contributed by atoms with E-state index < -0.39 is 5.97 Å². The third-order valence-corrected chi connectivity index (χ3v) is 2.85. The number of carboxylic acids is 1. The fourth-order valence-electron chi connectivity index (χ4n) is 1.84. The molecule has 4 nitrogen and oxygen atoms in total. The lowest BCUT2D eigenvalue weighted by Gasteiger charge is -2.04. The highest BCUT2D eigenvalue weighted by atomic mass is 16.4. The molecule has 4 heteroatoms. The second kappa shape index (κ2) is 9.14. The number of carbonyl (C=O) groups excluding carboxylic acids is 1. The van der Waals surface area contributed by atoms with Crippen molar-refractivity contribution >= 4 is 17.6 Å². The minimum Gasteiger partial charge on any atom is -0.481 e. The van der Waals surface area contributed by atoms with Crippen LogP contribution in [0.15, 0.2) is 30.3 Å². The zero-order valence-corrected chi connectivity index (χ0v) is 11.1. The third-order valence-electron chi connectivity index (χ3n) is 2.85. The van der Waals surface area contributed by atoms with Crippen LogP contribution in [0.2, 0.25) is 0 Å². The molecule has 0 aliphatic carbocycles. The molecule has 0 spiro atoms. The summed E-state index contributed by atoms with van der Waals surface area (Å²) in [5, 5.41) is 11.3. The Balaban J connectivity index is 2.00. The Morgan fingerprint density at radius 1 is 0.895 bits per heavy atom. The number of rotatable bonds is 9. The Bertz CT molecular complexity index is 390. The first-order valence-electron chi connectivity index (χ1n) is 6.75. The van der Waals surface area contributed by atoms with Crippen molar-refractivity contribution < 1.29 is 14.7 Å². The van der Waals surface area contributed by atoms with Crippen LogP contribution in [-0.4, -0.2) is 17.0 Å². The quantitative estimate of drug-likeness (QED) is 0.671. The number of aliphatic carboxylic acids is 1. The lowest BCUT2D eigenvalue weighted by molar-refractivity contribution is -0.137. The molecule has 2 N–H and O–H groups in total. The number of benzene rings is 1. The molecule has 1 aromatic rings. The van der Waals surface area contributed by atoms with E-state index in [4.69, 9.17) is 5.11 Å². The normalized spacial score (nSPS) is 10.1. The van der Waals surface area contributed by atoms with Gasteiger partial charge in [-0.3, -0.25) is 9.59 Å². The van der Waals surface area contributed by atoms with Crippen molar-refractivity contribution in [3.63, 3.8) is 0 Å². The predicted molar refractivity (Wildman–Crippen MR) is 75.0 cm³/mol. The van der Waals surface area contributed by atoms with Crippen LogP contribution < -0.4 is 5.32 Å². The Morgan fingerprint density at radius 3 is 2.11 bits per heavy atom. The van der Waals surface area contributed by atoms with Crippen LogP contribution in [0.1, 0.15) is 44.9 Å². The highest BCUT2D eigenvalue weighted by Gasteiger charge is 2.02. The maximum atomic E-state index is 11.6. The molecule has 0 aliphatic heterocycles. The van der Waals surface area contributed by atoms with Crippen LogP contribution in [0.5, 0.6) is 0 Å². The number of hydrogen-bond donors (Lipinski definition) is 2. The molecular formula is C15H21NO3. The van der Waals surface area contributed by atoms with Gasteiger partial charge in [-0.15, -0.1) is 0 Å². The van der Waals surface area contributed by atoms with Crippen LogP contribution in [0.25, 0.3) is 0 Å². The van der Waals surface area contributed by atoms with E-state index in [-0.39, 0.29) is 12.3 Å². The van der Waals surface area contributed by atoms with Crippen LogP contribution in [0.3, 0.4) is 0 Å². The molecule has 19 heavy (non-hydrogen) atoms. The highest BCUT2D eigenvalue weighted by Crippen LogP contribution is 2.09. The number of anilines is 1. The molecule has 0 fully saturated rings. The summed E-state index contributed by atoms with van der Waals surface area (Å²) in [6.07, 6.45) is 5.24. The average molecular weight is 263 g/mol. The van der Waals surface area contributed by atoms with Crippen molar-refractivity contribution in [1.82, 2.24) is 0 Å². The molecule has 1 aromatic carbocycles. The molecule has 0 unspecified atom stereocenters. The molecular weight excluding hydrogens is 242 g/mol. The molecule has 0 aromatic heterocycles. The van der Waals surface area contributed by atoms with E-state index in [1.807, 2.05) is 30.3 Å². The van der Waals surface area contributed by atoms with Crippen molar-refractivity contribution in [1.29, 1.82) is 0 Å². The van der Waals surface area contributed by atoms with Crippen LogP contribution in [-0.2, 0) is 9.59 Å². The fraction of sp³-hybridized carbons (Fsp3) is 0.467. The fourth-order valence-corrected chi connectivity index (χ4v) is 1.84. The Hall–Kier alpha value is -1.84. The predicted octanol–water partition coefficient (Wildman–Crippen LogP) is 3.44. The van der Waals surface area contributed by atoms with Gasteiger partial charge in [-0.1, -0.05) is 37.5 Å². The summed E-state index contributed by atoms with van der Waals surface area (Å²) in [6, 6.07) is 9.41. The Labute approximate surface area is 113 Å². The molecule has 0 saturated heterocycles. The molecule has 0 aliphatic rings. The minimum atomic E-state index is -0.734. The summed E-state index contributed by atoms with van der Waals surface area (Å²) < 4.78 is 0. The van der Waals surface area contributed by atoms with Crippen molar-refractivity contribution in [2.45, 2.75) is 44.9 Å². The zero-order valence-electron chi connectivity index (χ0n) is 11.1. The third kappa shape index (κ3) is 7.97. The molecule has 104 valence electrons. The molecule has 0 atom stereocenters. The van der Waals surface area contributed by atoms with E-state index in [9.17, 15) is 9.59 Å². The molecule has 0 bridgehead atoms. The van der Waals surface area contributed by atoms with Crippen molar-refractivity contribution in [3.8, 4) is 0 Å². The smallest absolute Gasteiger partial charge is 0.303 e. The average Bonchev–Trinajstić information content (AvgIpc) is 2.38. The number of nitrogens with one attached hydrogen (secondary N) is 1. The van der Waals surface area contributed by atoms with Gasteiger partial charge >= 0.3 is 5.97 Å². The Morgan fingerprint density at radius 2 is 1.47 bits per heavy atom. The number of hydrogen-bond acceptors (Lipinski definition) is 2. The Kier molecular flexibility index (Phi) is 7.32. The van der Waals surface area contributed by atoms with Gasteiger partial charge in [0.1, 0.15) is 0 Å². The number of carbonyl (C=O) groups is 2. The lowest BCUT2D eigenvalue weighted by Crippen LogP contribution is -2.10. The van der Waals surface area contributed by atoms with Gasteiger partial charge < -0.3 is 10.4 Å². The van der Waals surface area contributed by atoms with Crippen molar-refractivity contribution in [2.24, 2.45) is 0 Å². The summed E-state index contributed by atoms with van der Waals surface area (Å²) in [5.41, 5.74) is 0.828. The maximum absolute atomic E-state index is 11.6. The summed E-state index contributed by atoms with van der Waals surface area (Å²) in [7, 11) is 0. The second-order valence-electron chi connectivity index (χ2n) is 4.58.